The molecule has 0 radical (unpaired) electrons. The number of pyridine rings is 2. The molecule has 1 N–H and O–H groups in total. The van der Waals surface area contributed by atoms with Gasteiger partial charge in [0.15, 0.2) is 11.6 Å². The maximum absolute atomic E-state index is 14.1. The fraction of sp³-hybridized carbons (Fsp3) is 0.217. The van der Waals surface area contributed by atoms with Crippen LogP contribution in [0.25, 0.3) is 11.3 Å². The van der Waals surface area contributed by atoms with Gasteiger partial charge in [-0.05, 0) is 43.7 Å². The Hall–Kier alpha value is -3.99. The summed E-state index contributed by atoms with van der Waals surface area (Å²) >= 11 is 0. The third-order valence-electron chi connectivity index (χ3n) is 5.34. The van der Waals surface area contributed by atoms with E-state index in [9.17, 15) is 14.4 Å². The van der Waals surface area contributed by atoms with Gasteiger partial charge in [-0.25, -0.2) is 14.2 Å². The summed E-state index contributed by atoms with van der Waals surface area (Å²) in [5.74, 6) is -0.120. The van der Waals surface area contributed by atoms with Gasteiger partial charge in [0.25, 0.3) is 0 Å². The maximum Gasteiger partial charge on any atom is 0.327 e. The molecule has 0 saturated carbocycles. The summed E-state index contributed by atoms with van der Waals surface area (Å²) < 4.78 is 14.1. The number of nitriles is 1. The molecule has 3 heterocycles. The first-order chi connectivity index (χ1) is 15.0. The molecular formula is C23H21FN6O. The van der Waals surface area contributed by atoms with Crippen molar-refractivity contribution in [3.05, 3.63) is 66.2 Å². The van der Waals surface area contributed by atoms with Crippen LogP contribution in [0.5, 0.6) is 0 Å². The molecule has 1 aromatic carbocycles. The lowest BCUT2D eigenvalue weighted by Gasteiger charge is -2.28. The largest absolute Gasteiger partial charge is 0.372 e. The van der Waals surface area contributed by atoms with Crippen molar-refractivity contribution in [3.63, 3.8) is 0 Å². The number of nitrogens with zero attached hydrogens (tertiary/aromatic N) is 5. The first-order valence-electron chi connectivity index (χ1n) is 9.90. The first-order valence-corrected chi connectivity index (χ1v) is 9.90. The highest BCUT2D eigenvalue weighted by molar-refractivity contribution is 6.04. The number of fused-ring (bicyclic) bond motifs is 1. The van der Waals surface area contributed by atoms with Crippen LogP contribution in [0.2, 0.25) is 0 Å². The molecular weight excluding hydrogens is 395 g/mol. The van der Waals surface area contributed by atoms with E-state index in [4.69, 9.17) is 4.98 Å². The minimum atomic E-state index is -0.606. The van der Waals surface area contributed by atoms with Crippen molar-refractivity contribution in [2.45, 2.75) is 19.4 Å². The highest BCUT2D eigenvalue weighted by Gasteiger charge is 2.31. The molecule has 7 nitrogen and oxygen atoms in total. The van der Waals surface area contributed by atoms with E-state index in [-0.39, 0.29) is 11.7 Å². The monoisotopic (exact) mass is 416 g/mol. The summed E-state index contributed by atoms with van der Waals surface area (Å²) in [5.41, 5.74) is 2.81. The molecule has 4 rings (SSSR count). The summed E-state index contributed by atoms with van der Waals surface area (Å²) in [6, 6.07) is 13.9. The molecule has 2 aromatic heterocycles. The molecule has 8 heteroatoms. The van der Waals surface area contributed by atoms with Gasteiger partial charge in [0, 0.05) is 31.4 Å². The van der Waals surface area contributed by atoms with Crippen LogP contribution in [0.4, 0.5) is 26.4 Å². The van der Waals surface area contributed by atoms with Crippen molar-refractivity contribution >= 4 is 23.2 Å². The number of amides is 2. The molecule has 1 aliphatic heterocycles. The Balaban J connectivity index is 1.78. The van der Waals surface area contributed by atoms with Gasteiger partial charge in [0.2, 0.25) is 0 Å². The van der Waals surface area contributed by atoms with Gasteiger partial charge < -0.3 is 10.2 Å². The van der Waals surface area contributed by atoms with Crippen LogP contribution in [-0.2, 0) is 0 Å². The van der Waals surface area contributed by atoms with Gasteiger partial charge in [-0.3, -0.25) is 9.88 Å². The maximum atomic E-state index is 14.1. The molecule has 0 bridgehead atoms. The number of hydrogen-bond acceptors (Lipinski definition) is 5. The Morgan fingerprint density at radius 2 is 2.13 bits per heavy atom. The van der Waals surface area contributed by atoms with E-state index in [2.05, 4.69) is 21.3 Å². The molecule has 0 saturated heterocycles. The topological polar surface area (TPSA) is 85.2 Å². The Bertz CT molecular complexity index is 1170. The van der Waals surface area contributed by atoms with E-state index in [1.165, 1.54) is 12.3 Å². The van der Waals surface area contributed by atoms with Gasteiger partial charge in [-0.15, -0.1) is 0 Å². The third-order valence-corrected chi connectivity index (χ3v) is 5.34. The van der Waals surface area contributed by atoms with Gasteiger partial charge in [-0.1, -0.05) is 12.1 Å². The van der Waals surface area contributed by atoms with Gasteiger partial charge in [0.1, 0.15) is 0 Å². The lowest BCUT2D eigenvalue weighted by Crippen LogP contribution is -2.42. The van der Waals surface area contributed by atoms with Crippen LogP contribution in [0.3, 0.4) is 0 Å². The van der Waals surface area contributed by atoms with Crippen molar-refractivity contribution in [2.75, 3.05) is 28.7 Å². The number of nitrogens with one attached hydrogen (secondary N) is 1. The van der Waals surface area contributed by atoms with Gasteiger partial charge in [-0.2, -0.15) is 5.26 Å². The zero-order valence-electron chi connectivity index (χ0n) is 17.2. The van der Waals surface area contributed by atoms with Gasteiger partial charge >= 0.3 is 6.03 Å². The summed E-state index contributed by atoms with van der Waals surface area (Å²) in [6.45, 7) is 2.68. The Morgan fingerprint density at radius 3 is 2.90 bits per heavy atom. The highest BCUT2D eigenvalue weighted by Crippen LogP contribution is 2.35. The van der Waals surface area contributed by atoms with Crippen LogP contribution in [0.15, 0.2) is 54.9 Å². The van der Waals surface area contributed by atoms with E-state index in [1.807, 2.05) is 32.2 Å². The van der Waals surface area contributed by atoms with Crippen molar-refractivity contribution in [1.82, 2.24) is 9.97 Å². The molecule has 156 valence electrons. The number of urea groups is 1. The van der Waals surface area contributed by atoms with E-state index in [0.29, 0.717) is 17.1 Å². The van der Waals surface area contributed by atoms with Crippen LogP contribution in [0, 0.1) is 17.1 Å². The molecule has 1 atom stereocenters. The van der Waals surface area contributed by atoms with E-state index in [0.717, 1.165) is 30.4 Å². The summed E-state index contributed by atoms with van der Waals surface area (Å²) in [6.07, 6.45) is 3.20. The minimum absolute atomic E-state index is 0.0595. The van der Waals surface area contributed by atoms with Gasteiger partial charge in [0.05, 0.1) is 34.9 Å². The zero-order valence-corrected chi connectivity index (χ0v) is 17.2. The second-order valence-corrected chi connectivity index (χ2v) is 7.45. The molecule has 0 aliphatic carbocycles. The second-order valence-electron chi connectivity index (χ2n) is 7.45. The molecule has 0 spiro atoms. The summed E-state index contributed by atoms with van der Waals surface area (Å²) in [4.78, 5) is 25.4. The highest BCUT2D eigenvalue weighted by atomic mass is 19.1. The van der Waals surface area contributed by atoms with E-state index in [1.54, 1.807) is 23.1 Å². The number of hydrogen-bond donors (Lipinski definition) is 1. The molecule has 3 aromatic rings. The lowest BCUT2D eigenvalue weighted by molar-refractivity contribution is 0.254. The summed E-state index contributed by atoms with van der Waals surface area (Å²) in [7, 11) is 1.95. The average molecular weight is 416 g/mol. The van der Waals surface area contributed by atoms with Crippen LogP contribution < -0.4 is 15.1 Å². The first kappa shape index (κ1) is 20.3. The number of benzene rings is 1. The zero-order chi connectivity index (χ0) is 22.0. The van der Waals surface area contributed by atoms with Crippen LogP contribution in [0.1, 0.15) is 18.9 Å². The average Bonchev–Trinajstić information content (AvgIpc) is 2.91. The molecule has 0 unspecified atom stereocenters. The Morgan fingerprint density at radius 1 is 1.29 bits per heavy atom. The number of anilines is 3. The third kappa shape index (κ3) is 4.03. The predicted molar refractivity (Wildman–Crippen MR) is 117 cm³/mol. The Kier molecular flexibility index (Phi) is 5.50. The van der Waals surface area contributed by atoms with E-state index < -0.39 is 11.8 Å². The molecule has 0 fully saturated rings. The molecule has 31 heavy (non-hydrogen) atoms. The summed E-state index contributed by atoms with van der Waals surface area (Å²) in [5, 5.41) is 11.9. The van der Waals surface area contributed by atoms with Crippen LogP contribution in [-0.4, -0.2) is 35.6 Å². The van der Waals surface area contributed by atoms with Crippen molar-refractivity contribution in [3.8, 4) is 17.3 Å². The predicted octanol–water partition coefficient (Wildman–Crippen LogP) is 4.42. The van der Waals surface area contributed by atoms with Crippen molar-refractivity contribution in [2.24, 2.45) is 0 Å². The van der Waals surface area contributed by atoms with E-state index >= 15 is 0 Å². The number of aromatic nitrogens is 2. The molecule has 2 amide bonds. The quantitative estimate of drug-likeness (QED) is 0.668. The fourth-order valence-corrected chi connectivity index (χ4v) is 3.61. The lowest BCUT2D eigenvalue weighted by atomic mass is 10.1. The SMILES string of the molecule is C[C@@H]1CCN(C)c2ccc(-c3cccc(C#N)c3)nc2N1C(=O)Nc1ccncc1F. The number of carbonyl (C=O) groups excluding carboxylic acids is 1. The minimum Gasteiger partial charge on any atom is -0.372 e. The van der Waals surface area contributed by atoms with Crippen molar-refractivity contribution < 1.29 is 9.18 Å². The normalized spacial score (nSPS) is 15.6. The Labute approximate surface area is 179 Å². The molecule has 1 aliphatic rings. The number of rotatable bonds is 2. The second kappa shape index (κ2) is 8.40. The van der Waals surface area contributed by atoms with Crippen molar-refractivity contribution in [1.29, 1.82) is 5.26 Å². The number of halogens is 1. The standard InChI is InChI=1S/C23H21FN6O/c1-15-9-11-29(2)21-7-6-19(17-5-3-4-16(12-17)13-25)27-22(21)30(15)23(31)28-20-8-10-26-14-18(20)24/h3-8,10,12,14-15H,9,11H2,1-2H3,(H,26,28,31)/t15-/m1/s1. The van der Waals surface area contributed by atoms with Crippen LogP contribution >= 0.6 is 0 Å². The fourth-order valence-electron chi connectivity index (χ4n) is 3.61. The smallest absolute Gasteiger partial charge is 0.327 e. The number of carbonyl (C=O) groups is 1.